The number of pyridine rings is 2. The number of allylic oxidation sites excluding steroid dienone is 3. The van der Waals surface area contributed by atoms with Crippen molar-refractivity contribution in [2.24, 2.45) is 0 Å². The van der Waals surface area contributed by atoms with Gasteiger partial charge in [-0.1, -0.05) is 42.5 Å². The molecule has 0 spiro atoms. The summed E-state index contributed by atoms with van der Waals surface area (Å²) in [4.78, 5) is 28.3. The van der Waals surface area contributed by atoms with Crippen LogP contribution in [0.5, 0.6) is 0 Å². The highest BCUT2D eigenvalue weighted by Gasteiger charge is 2.49. The summed E-state index contributed by atoms with van der Waals surface area (Å²) in [5.41, 5.74) is 2.92. The molecule has 200 valence electrons. The summed E-state index contributed by atoms with van der Waals surface area (Å²) >= 11 is 6.91. The summed E-state index contributed by atoms with van der Waals surface area (Å²) < 4.78 is 34.6. The molecule has 8 nitrogen and oxygen atoms in total. The molecular weight excluding hydrogens is 538 g/mol. The molecule has 1 saturated heterocycles. The molecule has 2 atom stereocenters. The van der Waals surface area contributed by atoms with E-state index in [1.165, 1.54) is 12.4 Å². The molecule has 0 saturated carbocycles. The van der Waals surface area contributed by atoms with Crippen LogP contribution in [0.1, 0.15) is 25.5 Å². The van der Waals surface area contributed by atoms with E-state index in [1.54, 1.807) is 48.8 Å². The first kappa shape index (κ1) is 25.6. The lowest BCUT2D eigenvalue weighted by atomic mass is 9.85. The Bertz CT molecular complexity index is 1900. The van der Waals surface area contributed by atoms with E-state index in [1.807, 2.05) is 36.5 Å². The van der Waals surface area contributed by atoms with Crippen LogP contribution in [-0.2, 0) is 14.8 Å². The van der Waals surface area contributed by atoms with Crippen LogP contribution >= 0.6 is 11.6 Å². The Morgan fingerprint density at radius 3 is 2.49 bits per heavy atom. The number of nitrogens with zero attached hydrogens (tertiary/aromatic N) is 2. The van der Waals surface area contributed by atoms with Gasteiger partial charge in [-0.05, 0) is 48.3 Å². The fourth-order valence-corrected chi connectivity index (χ4v) is 7.77. The number of ether oxygens (including phenoxy) is 1. The van der Waals surface area contributed by atoms with Crippen LogP contribution in [0.4, 0.5) is 0 Å². The van der Waals surface area contributed by atoms with Crippen molar-refractivity contribution >= 4 is 38.1 Å². The third kappa shape index (κ3) is 3.87. The Balaban J connectivity index is 1.49. The summed E-state index contributed by atoms with van der Waals surface area (Å²) in [6.07, 6.45) is 8.15. The highest BCUT2D eigenvalue weighted by Crippen LogP contribution is 2.43. The maximum absolute atomic E-state index is 14.1. The van der Waals surface area contributed by atoms with Crippen LogP contribution in [0.2, 0.25) is 0 Å². The largest absolute Gasteiger partial charge is 0.377 e. The highest BCUT2D eigenvalue weighted by molar-refractivity contribution is 7.91. The fourth-order valence-electron chi connectivity index (χ4n) is 5.25. The average molecular weight is 564 g/mol. The zero-order chi connectivity index (χ0) is 27.5. The van der Waals surface area contributed by atoms with E-state index in [2.05, 4.69) is 4.98 Å². The molecule has 1 N–H and O–H groups in total. The fraction of sp³-hybridized carbons (Fsp3) is 0.241. The van der Waals surface area contributed by atoms with Gasteiger partial charge in [0.2, 0.25) is 10.0 Å². The van der Waals surface area contributed by atoms with Crippen LogP contribution < -0.4 is 11.1 Å². The van der Waals surface area contributed by atoms with Crippen molar-refractivity contribution in [3.05, 3.63) is 111 Å². The quantitative estimate of drug-likeness (QED) is 0.364. The molecular formula is C29H26ClN3O5S. The van der Waals surface area contributed by atoms with Gasteiger partial charge in [0.25, 0.3) is 11.1 Å². The zero-order valence-electron chi connectivity index (χ0n) is 21.3. The van der Waals surface area contributed by atoms with E-state index in [9.17, 15) is 18.0 Å². The van der Waals surface area contributed by atoms with Crippen molar-refractivity contribution in [3.63, 3.8) is 0 Å². The smallest absolute Gasteiger partial charge is 0.273 e. The van der Waals surface area contributed by atoms with Gasteiger partial charge in [-0.3, -0.25) is 9.59 Å². The lowest BCUT2D eigenvalue weighted by Gasteiger charge is -2.37. The van der Waals surface area contributed by atoms with Crippen molar-refractivity contribution in [1.29, 1.82) is 0 Å². The van der Waals surface area contributed by atoms with Crippen molar-refractivity contribution < 1.29 is 13.2 Å². The maximum atomic E-state index is 14.1. The number of fused-ring (bicyclic) bond motifs is 1. The van der Waals surface area contributed by atoms with Crippen molar-refractivity contribution in [1.82, 2.24) is 13.5 Å². The minimum atomic E-state index is -4.18. The molecule has 0 radical (unpaired) electrons. The monoisotopic (exact) mass is 563 g/mol. The van der Waals surface area contributed by atoms with Gasteiger partial charge in [0, 0.05) is 35.6 Å². The molecule has 1 aliphatic carbocycles. The third-order valence-electron chi connectivity index (χ3n) is 7.87. The summed E-state index contributed by atoms with van der Waals surface area (Å²) in [6.45, 7) is 4.23. The van der Waals surface area contributed by atoms with Gasteiger partial charge in [-0.2, -0.15) is 0 Å². The van der Waals surface area contributed by atoms with E-state index < -0.39 is 25.7 Å². The predicted molar refractivity (Wildman–Crippen MR) is 153 cm³/mol. The van der Waals surface area contributed by atoms with Gasteiger partial charge in [0.1, 0.15) is 10.3 Å². The Kier molecular flexibility index (Phi) is 6.05. The Labute approximate surface area is 229 Å². The van der Waals surface area contributed by atoms with Gasteiger partial charge in [-0.15, -0.1) is 11.6 Å². The summed E-state index contributed by atoms with van der Waals surface area (Å²) in [5, 5.41) is -0.482. The van der Waals surface area contributed by atoms with E-state index in [0.29, 0.717) is 35.3 Å². The summed E-state index contributed by atoms with van der Waals surface area (Å²) in [5.74, 6) is 0. The number of aromatic amines is 1. The van der Waals surface area contributed by atoms with Crippen LogP contribution in [0.15, 0.2) is 94.4 Å². The number of hydrogen-bond donors (Lipinski definition) is 1. The van der Waals surface area contributed by atoms with Crippen LogP contribution in [0.25, 0.3) is 27.6 Å². The minimum Gasteiger partial charge on any atom is -0.377 e. The van der Waals surface area contributed by atoms with Gasteiger partial charge < -0.3 is 14.3 Å². The minimum absolute atomic E-state index is 0.0274. The van der Waals surface area contributed by atoms with Gasteiger partial charge in [0.15, 0.2) is 0 Å². The Morgan fingerprint density at radius 2 is 1.82 bits per heavy atom. The zero-order valence-corrected chi connectivity index (χ0v) is 22.9. The second-order valence-corrected chi connectivity index (χ2v) is 12.8. The van der Waals surface area contributed by atoms with E-state index in [-0.39, 0.29) is 17.1 Å². The molecule has 1 aliphatic heterocycles. The molecule has 2 aliphatic rings. The van der Waals surface area contributed by atoms with E-state index in [0.717, 1.165) is 15.1 Å². The number of halogens is 1. The lowest BCUT2D eigenvalue weighted by molar-refractivity contribution is -0.0247. The number of alkyl halides is 1. The van der Waals surface area contributed by atoms with Crippen LogP contribution in [0, 0.1) is 0 Å². The first-order valence-corrected chi connectivity index (χ1v) is 14.4. The second-order valence-electron chi connectivity index (χ2n) is 10.1. The second kappa shape index (κ2) is 9.22. The topological polar surface area (TPSA) is 103 Å². The van der Waals surface area contributed by atoms with E-state index >= 15 is 0 Å². The third-order valence-corrected chi connectivity index (χ3v) is 11.0. The first-order chi connectivity index (χ1) is 18.6. The molecule has 0 bridgehead atoms. The molecule has 1 fully saturated rings. The molecule has 0 amide bonds. The Hall–Kier alpha value is -3.66. The maximum Gasteiger partial charge on any atom is 0.273 e. The molecule has 4 heterocycles. The highest BCUT2D eigenvalue weighted by atomic mass is 35.5. The molecule has 10 heteroatoms. The van der Waals surface area contributed by atoms with Crippen LogP contribution in [-0.4, -0.2) is 45.3 Å². The number of benzene rings is 1. The number of rotatable bonds is 5. The van der Waals surface area contributed by atoms with Gasteiger partial charge in [0.05, 0.1) is 24.6 Å². The van der Waals surface area contributed by atoms with Crippen LogP contribution in [0.3, 0.4) is 0 Å². The number of nitrogens with one attached hydrogen (secondary N) is 1. The average Bonchev–Trinajstić information content (AvgIpc) is 3.34. The molecule has 2 unspecified atom stereocenters. The number of hydrogen-bond acceptors (Lipinski definition) is 5. The summed E-state index contributed by atoms with van der Waals surface area (Å²) in [6, 6.07) is 14.5. The molecule has 1 aromatic carbocycles. The SMILES string of the molecule is CC1=CC(c2cc(=O)n(C3COC3)cc2-c2ccccc2)=CC(Cl)C1(C)S(=O)(=O)n1ccc2cc[nH]c(=O)c21. The number of aromatic nitrogens is 3. The molecule has 39 heavy (non-hydrogen) atoms. The summed E-state index contributed by atoms with van der Waals surface area (Å²) in [7, 11) is -4.18. The van der Waals surface area contributed by atoms with Gasteiger partial charge in [-0.25, -0.2) is 12.4 Å². The lowest BCUT2D eigenvalue weighted by Crippen LogP contribution is -2.48. The number of H-pyrrole nitrogens is 1. The molecule has 4 aromatic rings. The predicted octanol–water partition coefficient (Wildman–Crippen LogP) is 4.32. The molecule has 3 aromatic heterocycles. The first-order valence-electron chi connectivity index (χ1n) is 12.5. The van der Waals surface area contributed by atoms with Crippen molar-refractivity contribution in [2.75, 3.05) is 13.2 Å². The van der Waals surface area contributed by atoms with E-state index in [4.69, 9.17) is 16.3 Å². The standard InChI is InChI=1S/C29H26ClN3O5S/c1-18-12-21(23-14-26(34)32(22-16-38-17-22)15-24(23)19-6-4-3-5-7-19)13-25(30)29(18,2)39(36,37)33-11-9-20-8-10-31-28(35)27(20)33/h3-15,22,25H,16-17H2,1-2H3,(H,31,35). The van der Waals surface area contributed by atoms with Gasteiger partial charge >= 0.3 is 0 Å². The molecule has 6 rings (SSSR count). The van der Waals surface area contributed by atoms with Crippen molar-refractivity contribution in [2.45, 2.75) is 30.0 Å². The normalized spacial score (nSPS) is 21.9. The Morgan fingerprint density at radius 1 is 1.08 bits per heavy atom. The van der Waals surface area contributed by atoms with Crippen molar-refractivity contribution in [3.8, 4) is 11.1 Å².